The van der Waals surface area contributed by atoms with Crippen LogP contribution < -0.4 is 9.47 Å². The number of methoxy groups -OCH3 is 1. The minimum atomic E-state index is 0.453. The Morgan fingerprint density at radius 1 is 1.14 bits per heavy atom. The maximum atomic E-state index is 9.72. The lowest BCUT2D eigenvalue weighted by Crippen LogP contribution is -1.99. The smallest absolute Gasteiger partial charge is 0.162 e. The summed E-state index contributed by atoms with van der Waals surface area (Å²) in [5.74, 6) is 1.32. The van der Waals surface area contributed by atoms with Crippen molar-refractivity contribution in [1.82, 2.24) is 4.98 Å². The van der Waals surface area contributed by atoms with Crippen molar-refractivity contribution in [3.8, 4) is 17.6 Å². The number of nitrogens with zero attached hydrogens (tertiary/aromatic N) is 2. The van der Waals surface area contributed by atoms with Crippen molar-refractivity contribution in [3.05, 3.63) is 75.2 Å². The molecule has 0 unspecified atom stereocenters. The van der Waals surface area contributed by atoms with Crippen LogP contribution in [0, 0.1) is 11.3 Å². The molecule has 0 spiro atoms. The van der Waals surface area contributed by atoms with Crippen LogP contribution >= 0.6 is 11.3 Å². The van der Waals surface area contributed by atoms with Crippen LogP contribution in [0.25, 0.3) is 11.6 Å². The van der Waals surface area contributed by atoms with Gasteiger partial charge in [-0.2, -0.15) is 5.26 Å². The van der Waals surface area contributed by atoms with Crippen LogP contribution in [0.2, 0.25) is 0 Å². The lowest BCUT2D eigenvalue weighted by Gasteiger charge is -2.11. The van der Waals surface area contributed by atoms with Crippen LogP contribution in [0.15, 0.2) is 48.5 Å². The zero-order valence-corrected chi connectivity index (χ0v) is 17.2. The lowest BCUT2D eigenvalue weighted by molar-refractivity contribution is 0.284. The van der Waals surface area contributed by atoms with E-state index in [0.29, 0.717) is 23.7 Å². The molecule has 29 heavy (non-hydrogen) atoms. The van der Waals surface area contributed by atoms with Gasteiger partial charge >= 0.3 is 0 Å². The molecule has 0 bridgehead atoms. The van der Waals surface area contributed by atoms with Gasteiger partial charge in [-0.05, 0) is 55.0 Å². The summed E-state index contributed by atoms with van der Waals surface area (Å²) in [6, 6.07) is 18.0. The summed E-state index contributed by atoms with van der Waals surface area (Å²) in [5.41, 5.74) is 3.72. The number of aryl methyl sites for hydroxylation is 2. The normalized spacial score (nSPS) is 13.4. The molecule has 0 amide bonds. The summed E-state index contributed by atoms with van der Waals surface area (Å²) in [6.07, 6.45) is 6.36. The van der Waals surface area contributed by atoms with E-state index < -0.39 is 0 Å². The number of nitriles is 1. The van der Waals surface area contributed by atoms with Crippen LogP contribution in [-0.2, 0) is 19.4 Å². The third kappa shape index (κ3) is 4.49. The molecule has 1 aliphatic carbocycles. The van der Waals surface area contributed by atoms with Crippen LogP contribution in [0.3, 0.4) is 0 Å². The fourth-order valence-electron chi connectivity index (χ4n) is 3.41. The summed E-state index contributed by atoms with van der Waals surface area (Å²) in [5, 5.41) is 10.5. The summed E-state index contributed by atoms with van der Waals surface area (Å²) in [4.78, 5) is 6.05. The average molecular weight is 403 g/mol. The van der Waals surface area contributed by atoms with Crippen molar-refractivity contribution < 1.29 is 9.47 Å². The Morgan fingerprint density at radius 3 is 2.72 bits per heavy atom. The highest BCUT2D eigenvalue weighted by Gasteiger charge is 2.17. The second kappa shape index (κ2) is 8.93. The molecular weight excluding hydrogens is 380 g/mol. The topological polar surface area (TPSA) is 55.1 Å². The second-order valence-electron chi connectivity index (χ2n) is 6.95. The fraction of sp³-hybridized carbons (Fsp3) is 0.250. The Bertz CT molecular complexity index is 1040. The molecule has 0 saturated heterocycles. The van der Waals surface area contributed by atoms with Gasteiger partial charge in [-0.25, -0.2) is 4.98 Å². The summed E-state index contributed by atoms with van der Waals surface area (Å²) in [7, 11) is 1.63. The van der Waals surface area contributed by atoms with E-state index in [2.05, 4.69) is 6.07 Å². The van der Waals surface area contributed by atoms with E-state index in [9.17, 15) is 5.26 Å². The van der Waals surface area contributed by atoms with Gasteiger partial charge in [-0.15, -0.1) is 11.3 Å². The maximum Gasteiger partial charge on any atom is 0.162 e. The number of aromatic nitrogens is 1. The molecule has 146 valence electrons. The molecule has 0 radical (unpaired) electrons. The van der Waals surface area contributed by atoms with Crippen LogP contribution in [-0.4, -0.2) is 12.1 Å². The minimum absolute atomic E-state index is 0.453. The highest BCUT2D eigenvalue weighted by Crippen LogP contribution is 2.33. The molecule has 0 saturated carbocycles. The summed E-state index contributed by atoms with van der Waals surface area (Å²) >= 11 is 1.65. The molecule has 1 aromatic heterocycles. The van der Waals surface area contributed by atoms with E-state index in [1.165, 1.54) is 23.4 Å². The van der Waals surface area contributed by atoms with Gasteiger partial charge in [0.1, 0.15) is 17.7 Å². The van der Waals surface area contributed by atoms with E-state index in [-0.39, 0.29) is 0 Å². The van der Waals surface area contributed by atoms with Gasteiger partial charge in [0.2, 0.25) is 0 Å². The number of thiazole rings is 1. The molecule has 1 aliphatic rings. The second-order valence-corrected chi connectivity index (χ2v) is 8.03. The van der Waals surface area contributed by atoms with Crippen LogP contribution in [0.1, 0.15) is 39.5 Å². The van der Waals surface area contributed by atoms with E-state index in [0.717, 1.165) is 29.0 Å². The molecule has 2 aromatic carbocycles. The average Bonchev–Trinajstić information content (AvgIpc) is 3.21. The minimum Gasteiger partial charge on any atom is -0.493 e. The Kier molecular flexibility index (Phi) is 5.92. The third-order valence-electron chi connectivity index (χ3n) is 4.93. The van der Waals surface area contributed by atoms with E-state index in [4.69, 9.17) is 14.5 Å². The highest BCUT2D eigenvalue weighted by molar-refractivity contribution is 7.13. The quantitative estimate of drug-likeness (QED) is 0.498. The van der Waals surface area contributed by atoms with Crippen LogP contribution in [0.5, 0.6) is 11.5 Å². The first kappa shape index (κ1) is 19.2. The largest absolute Gasteiger partial charge is 0.493 e. The molecule has 4 rings (SSSR count). The molecule has 0 fully saturated rings. The third-order valence-corrected chi connectivity index (χ3v) is 6.12. The van der Waals surface area contributed by atoms with E-state index in [1.54, 1.807) is 18.4 Å². The monoisotopic (exact) mass is 402 g/mol. The molecular formula is C24H22N2O2S. The predicted molar refractivity (Wildman–Crippen MR) is 116 cm³/mol. The van der Waals surface area contributed by atoms with Crippen LogP contribution in [0.4, 0.5) is 0 Å². The van der Waals surface area contributed by atoms with Gasteiger partial charge in [-0.1, -0.05) is 36.4 Å². The van der Waals surface area contributed by atoms with E-state index in [1.807, 2.05) is 54.6 Å². The summed E-state index contributed by atoms with van der Waals surface area (Å²) < 4.78 is 11.4. The molecule has 0 aliphatic heterocycles. The zero-order valence-electron chi connectivity index (χ0n) is 16.4. The first-order chi connectivity index (χ1) is 14.3. The number of hydrogen-bond donors (Lipinski definition) is 0. The van der Waals surface area contributed by atoms with Crippen molar-refractivity contribution in [2.24, 2.45) is 0 Å². The van der Waals surface area contributed by atoms with E-state index >= 15 is 0 Å². The van der Waals surface area contributed by atoms with Gasteiger partial charge in [-0.3, -0.25) is 0 Å². The molecule has 1 heterocycles. The number of rotatable bonds is 6. The fourth-order valence-corrected chi connectivity index (χ4v) is 4.52. The molecule has 4 nitrogen and oxygen atoms in total. The molecule has 0 atom stereocenters. The Labute approximate surface area is 175 Å². The van der Waals surface area contributed by atoms with Crippen molar-refractivity contribution in [1.29, 1.82) is 5.26 Å². The Morgan fingerprint density at radius 2 is 1.97 bits per heavy atom. The van der Waals surface area contributed by atoms with Crippen molar-refractivity contribution in [2.45, 2.75) is 32.3 Å². The van der Waals surface area contributed by atoms with Gasteiger partial charge in [0.25, 0.3) is 0 Å². The molecule has 0 N–H and O–H groups in total. The standard InChI is InChI=1S/C24H22N2O2S/c1-27-21-12-11-18(14-22(21)28-16-17-7-3-2-4-8-17)13-19(15-25)24-26-20-9-5-6-10-23(20)29-24/h2-4,7-8,11-14H,5-6,9-10,16H2,1H3. The van der Waals surface area contributed by atoms with Crippen molar-refractivity contribution >= 4 is 23.0 Å². The Balaban J connectivity index is 1.60. The summed E-state index contributed by atoms with van der Waals surface area (Å²) in [6.45, 7) is 0.453. The van der Waals surface area contributed by atoms with Gasteiger partial charge in [0, 0.05) is 4.88 Å². The number of ether oxygens (including phenoxy) is 2. The highest BCUT2D eigenvalue weighted by atomic mass is 32.1. The Hall–Kier alpha value is -3.10. The molecule has 3 aromatic rings. The number of allylic oxidation sites excluding steroid dienone is 1. The zero-order chi connectivity index (χ0) is 20.1. The number of hydrogen-bond acceptors (Lipinski definition) is 5. The predicted octanol–water partition coefficient (Wildman–Crippen LogP) is 5.67. The number of fused-ring (bicyclic) bond motifs is 1. The lowest BCUT2D eigenvalue weighted by atomic mass is 10.0. The van der Waals surface area contributed by atoms with Gasteiger partial charge < -0.3 is 9.47 Å². The number of benzene rings is 2. The SMILES string of the molecule is COc1ccc(C=C(C#N)c2nc3c(s2)CCCC3)cc1OCc1ccccc1. The maximum absolute atomic E-state index is 9.72. The first-order valence-corrected chi connectivity index (χ1v) is 10.5. The van der Waals surface area contributed by atoms with Crippen molar-refractivity contribution in [2.75, 3.05) is 7.11 Å². The van der Waals surface area contributed by atoms with Gasteiger partial charge in [0.15, 0.2) is 11.5 Å². The van der Waals surface area contributed by atoms with Gasteiger partial charge in [0.05, 0.1) is 18.4 Å². The first-order valence-electron chi connectivity index (χ1n) is 9.72. The van der Waals surface area contributed by atoms with Crippen molar-refractivity contribution in [3.63, 3.8) is 0 Å². The molecule has 5 heteroatoms.